The van der Waals surface area contributed by atoms with Gasteiger partial charge in [-0.1, -0.05) is 6.42 Å². The summed E-state index contributed by atoms with van der Waals surface area (Å²) >= 11 is 1.27. The molecule has 1 atom stereocenters. The number of aromatic nitrogens is 2. The van der Waals surface area contributed by atoms with Gasteiger partial charge in [0.25, 0.3) is 11.5 Å². The van der Waals surface area contributed by atoms with Crippen LogP contribution in [0.15, 0.2) is 27.6 Å². The fourth-order valence-corrected chi connectivity index (χ4v) is 4.97. The normalized spacial score (nSPS) is 15.1. The van der Waals surface area contributed by atoms with Crippen molar-refractivity contribution in [1.29, 1.82) is 0 Å². The van der Waals surface area contributed by atoms with Gasteiger partial charge in [-0.05, 0) is 37.5 Å². The molecule has 1 amide bonds. The lowest BCUT2D eigenvalue weighted by Gasteiger charge is -2.13. The number of carbonyl (C=O) groups excluding carboxylic acids is 1. The van der Waals surface area contributed by atoms with Crippen molar-refractivity contribution in [2.45, 2.75) is 45.6 Å². The summed E-state index contributed by atoms with van der Waals surface area (Å²) in [6.45, 7) is 2.78. The Hall–Kier alpha value is -2.45. The summed E-state index contributed by atoms with van der Waals surface area (Å²) in [6, 6.07) is 3.65. The number of hydrogen-bond acceptors (Lipinski definition) is 6. The Labute approximate surface area is 172 Å². The highest BCUT2D eigenvalue weighted by atomic mass is 32.1. The first-order valence-electron chi connectivity index (χ1n) is 10.0. The molecule has 0 aliphatic carbocycles. The molecule has 0 radical (unpaired) electrons. The number of rotatable bonds is 6. The molecule has 0 fully saturated rings. The van der Waals surface area contributed by atoms with Gasteiger partial charge in [-0.25, -0.2) is 4.98 Å². The Morgan fingerprint density at radius 2 is 2.28 bits per heavy atom. The first-order chi connectivity index (χ1) is 14.1. The summed E-state index contributed by atoms with van der Waals surface area (Å²) < 4.78 is 7.10. The molecular formula is C21H25N3O4S. The Morgan fingerprint density at radius 1 is 1.41 bits per heavy atom. The zero-order valence-corrected chi connectivity index (χ0v) is 17.3. The van der Waals surface area contributed by atoms with Crippen LogP contribution in [0, 0.1) is 12.8 Å². The predicted molar refractivity (Wildman–Crippen MR) is 111 cm³/mol. The summed E-state index contributed by atoms with van der Waals surface area (Å²) in [7, 11) is 0. The second-order valence-corrected chi connectivity index (χ2v) is 8.57. The molecule has 4 heterocycles. The molecule has 0 spiro atoms. The highest BCUT2D eigenvalue weighted by Crippen LogP contribution is 2.28. The van der Waals surface area contributed by atoms with Crippen molar-refractivity contribution < 1.29 is 14.3 Å². The third-order valence-corrected chi connectivity index (χ3v) is 6.68. The monoisotopic (exact) mass is 415 g/mol. The van der Waals surface area contributed by atoms with Crippen LogP contribution in [-0.4, -0.2) is 33.7 Å². The quantitative estimate of drug-likeness (QED) is 0.645. The van der Waals surface area contributed by atoms with Crippen LogP contribution in [0.2, 0.25) is 0 Å². The Balaban J connectivity index is 1.55. The summed E-state index contributed by atoms with van der Waals surface area (Å²) in [5.74, 6) is 1.23. The smallest absolute Gasteiger partial charge is 0.262 e. The zero-order valence-electron chi connectivity index (χ0n) is 16.4. The summed E-state index contributed by atoms with van der Waals surface area (Å²) in [6.07, 6.45) is 6.06. The van der Waals surface area contributed by atoms with Gasteiger partial charge in [0.15, 0.2) is 0 Å². The van der Waals surface area contributed by atoms with Crippen LogP contribution >= 0.6 is 11.3 Å². The van der Waals surface area contributed by atoms with E-state index in [0.29, 0.717) is 40.2 Å². The van der Waals surface area contributed by atoms with Crippen LogP contribution in [0.25, 0.3) is 10.2 Å². The van der Waals surface area contributed by atoms with E-state index in [2.05, 4.69) is 5.32 Å². The molecule has 0 saturated carbocycles. The minimum atomic E-state index is -0.233. The molecule has 29 heavy (non-hydrogen) atoms. The number of carbonyl (C=O) groups is 1. The fraction of sp³-hybridized carbons (Fsp3) is 0.476. The van der Waals surface area contributed by atoms with E-state index >= 15 is 0 Å². The van der Waals surface area contributed by atoms with Crippen molar-refractivity contribution in [3.05, 3.63) is 50.8 Å². The van der Waals surface area contributed by atoms with Crippen molar-refractivity contribution >= 4 is 27.5 Å². The standard InChI is InChI=1S/C21H25N3O4S/c1-13-17-20(23-16-7-3-2-4-8-24(16)21(17)27)29-18(13)19(26)22-11-14(12-25)10-15-6-5-9-28-15/h5-6,9,14,25H,2-4,7-8,10-12H2,1H3,(H,22,26). The number of aryl methyl sites for hydroxylation is 2. The van der Waals surface area contributed by atoms with Gasteiger partial charge in [0, 0.05) is 38.5 Å². The maximum absolute atomic E-state index is 13.0. The average molecular weight is 416 g/mol. The van der Waals surface area contributed by atoms with Crippen molar-refractivity contribution in [3.63, 3.8) is 0 Å². The molecule has 3 aromatic rings. The first kappa shape index (κ1) is 19.8. The summed E-state index contributed by atoms with van der Waals surface area (Å²) in [5, 5.41) is 13.1. The van der Waals surface area contributed by atoms with Crippen LogP contribution < -0.4 is 10.9 Å². The van der Waals surface area contributed by atoms with Gasteiger partial charge in [0.05, 0.1) is 16.5 Å². The fourth-order valence-electron chi connectivity index (χ4n) is 3.86. The van der Waals surface area contributed by atoms with Gasteiger partial charge in [-0.3, -0.25) is 14.2 Å². The first-order valence-corrected chi connectivity index (χ1v) is 10.8. The van der Waals surface area contributed by atoms with E-state index in [1.165, 1.54) is 11.3 Å². The van der Waals surface area contributed by atoms with E-state index in [-0.39, 0.29) is 24.0 Å². The van der Waals surface area contributed by atoms with Crippen molar-refractivity contribution in [2.75, 3.05) is 13.2 Å². The van der Waals surface area contributed by atoms with E-state index in [9.17, 15) is 14.7 Å². The molecule has 2 N–H and O–H groups in total. The maximum atomic E-state index is 13.0. The molecule has 8 heteroatoms. The molecule has 1 aliphatic heterocycles. The van der Waals surface area contributed by atoms with Gasteiger partial charge < -0.3 is 14.8 Å². The molecule has 4 rings (SSSR count). The van der Waals surface area contributed by atoms with Gasteiger partial charge in [0.2, 0.25) is 0 Å². The maximum Gasteiger partial charge on any atom is 0.262 e. The van der Waals surface area contributed by atoms with E-state index in [4.69, 9.17) is 9.40 Å². The minimum Gasteiger partial charge on any atom is -0.469 e. The van der Waals surface area contributed by atoms with Crippen LogP contribution in [-0.2, 0) is 19.4 Å². The number of amides is 1. The van der Waals surface area contributed by atoms with E-state index in [0.717, 1.165) is 37.3 Å². The van der Waals surface area contributed by atoms with Crippen molar-refractivity contribution in [3.8, 4) is 0 Å². The van der Waals surface area contributed by atoms with E-state index < -0.39 is 0 Å². The number of fused-ring (bicyclic) bond motifs is 2. The SMILES string of the molecule is Cc1c(C(=O)NCC(CO)Cc2ccco2)sc2nc3n(c(=O)c12)CCCCC3. The van der Waals surface area contributed by atoms with Crippen LogP contribution in [0.1, 0.15) is 46.1 Å². The van der Waals surface area contributed by atoms with Crippen LogP contribution in [0.5, 0.6) is 0 Å². The van der Waals surface area contributed by atoms with E-state index in [1.807, 2.05) is 13.0 Å². The largest absolute Gasteiger partial charge is 0.469 e. The number of nitrogens with one attached hydrogen (secondary N) is 1. The average Bonchev–Trinajstić information content (AvgIpc) is 3.26. The van der Waals surface area contributed by atoms with Gasteiger partial charge in [-0.2, -0.15) is 0 Å². The molecule has 0 aromatic carbocycles. The summed E-state index contributed by atoms with van der Waals surface area (Å²) in [5.41, 5.74) is 0.650. The molecule has 1 aliphatic rings. The van der Waals surface area contributed by atoms with E-state index in [1.54, 1.807) is 16.9 Å². The number of hydrogen-bond donors (Lipinski definition) is 2. The molecule has 3 aromatic heterocycles. The van der Waals surface area contributed by atoms with Gasteiger partial charge in [-0.15, -0.1) is 11.3 Å². The third-order valence-electron chi connectivity index (χ3n) is 5.50. The number of aliphatic hydroxyl groups is 1. The third kappa shape index (κ3) is 4.00. The Kier molecular flexibility index (Phi) is 5.82. The second kappa shape index (κ2) is 8.51. The summed E-state index contributed by atoms with van der Waals surface area (Å²) in [4.78, 5) is 31.7. The van der Waals surface area contributed by atoms with Crippen LogP contribution in [0.3, 0.4) is 0 Å². The number of thiophene rings is 1. The minimum absolute atomic E-state index is 0.0363. The van der Waals surface area contributed by atoms with Crippen molar-refractivity contribution in [2.24, 2.45) is 5.92 Å². The number of aliphatic hydroxyl groups excluding tert-OH is 1. The number of furan rings is 1. The topological polar surface area (TPSA) is 97.4 Å². The zero-order chi connectivity index (χ0) is 20.4. The Morgan fingerprint density at radius 3 is 3.03 bits per heavy atom. The molecule has 7 nitrogen and oxygen atoms in total. The number of nitrogens with zero attached hydrogens (tertiary/aromatic N) is 2. The van der Waals surface area contributed by atoms with Gasteiger partial charge >= 0.3 is 0 Å². The highest BCUT2D eigenvalue weighted by Gasteiger charge is 2.23. The predicted octanol–water partition coefficient (Wildman–Crippen LogP) is 2.67. The highest BCUT2D eigenvalue weighted by molar-refractivity contribution is 7.20. The lowest BCUT2D eigenvalue weighted by Crippen LogP contribution is -2.31. The van der Waals surface area contributed by atoms with Gasteiger partial charge in [0.1, 0.15) is 16.4 Å². The lowest BCUT2D eigenvalue weighted by molar-refractivity contribution is 0.0942. The molecule has 154 valence electrons. The second-order valence-electron chi connectivity index (χ2n) is 7.57. The van der Waals surface area contributed by atoms with Crippen LogP contribution in [0.4, 0.5) is 0 Å². The molecule has 1 unspecified atom stereocenters. The Bertz CT molecular complexity index is 1070. The van der Waals surface area contributed by atoms with Crippen molar-refractivity contribution in [1.82, 2.24) is 14.9 Å². The molecule has 0 bridgehead atoms. The molecule has 0 saturated heterocycles. The molecular weight excluding hydrogens is 390 g/mol. The lowest BCUT2D eigenvalue weighted by atomic mass is 10.1.